The minimum Gasteiger partial charge on any atom is -0.469 e. The fourth-order valence-corrected chi connectivity index (χ4v) is 2.37. The van der Waals surface area contributed by atoms with E-state index >= 15 is 0 Å². The van der Waals surface area contributed by atoms with E-state index in [0.29, 0.717) is 5.92 Å². The molecule has 1 fully saturated rings. The third-order valence-corrected chi connectivity index (χ3v) is 3.43. The van der Waals surface area contributed by atoms with Gasteiger partial charge in [0.1, 0.15) is 0 Å². The number of carbonyl (C=O) groups excluding carboxylic acids is 1. The molecule has 1 rings (SSSR count). The van der Waals surface area contributed by atoms with E-state index in [1.54, 1.807) is 0 Å². The van der Waals surface area contributed by atoms with Crippen LogP contribution in [0.25, 0.3) is 0 Å². The van der Waals surface area contributed by atoms with Crippen LogP contribution in [0.4, 0.5) is 0 Å². The Kier molecular flexibility index (Phi) is 8.56. The summed E-state index contributed by atoms with van der Waals surface area (Å²) in [5.74, 6) is 0.225. The van der Waals surface area contributed by atoms with Gasteiger partial charge in [-0.15, -0.1) is 12.4 Å². The molecule has 0 aromatic carbocycles. The van der Waals surface area contributed by atoms with Crippen molar-refractivity contribution >= 4 is 18.4 Å². The first kappa shape index (κ1) is 16.7. The summed E-state index contributed by atoms with van der Waals surface area (Å²) in [4.78, 5) is 11.0. The van der Waals surface area contributed by atoms with E-state index in [1.807, 2.05) is 0 Å². The molecule has 0 saturated heterocycles. The topological polar surface area (TPSA) is 72.5 Å². The quantitative estimate of drug-likeness (QED) is 0.741. The summed E-state index contributed by atoms with van der Waals surface area (Å²) in [6.45, 7) is 0. The largest absolute Gasteiger partial charge is 0.469 e. The van der Waals surface area contributed by atoms with Crippen molar-refractivity contribution in [2.24, 2.45) is 11.7 Å². The van der Waals surface area contributed by atoms with Gasteiger partial charge in [-0.3, -0.25) is 4.79 Å². The van der Waals surface area contributed by atoms with Crippen molar-refractivity contribution in [3.05, 3.63) is 0 Å². The van der Waals surface area contributed by atoms with E-state index in [-0.39, 0.29) is 24.9 Å². The first-order chi connectivity index (χ1) is 7.63. The lowest BCUT2D eigenvalue weighted by atomic mass is 9.83. The number of carbonyl (C=O) groups is 1. The Hall–Kier alpha value is -0.320. The lowest BCUT2D eigenvalue weighted by Crippen LogP contribution is -2.38. The van der Waals surface area contributed by atoms with Gasteiger partial charge in [0.25, 0.3) is 0 Å². The Morgan fingerprint density at radius 3 is 2.53 bits per heavy atom. The van der Waals surface area contributed by atoms with Gasteiger partial charge in [0.15, 0.2) is 0 Å². The minimum absolute atomic E-state index is 0. The number of hydrogen-bond acceptors (Lipinski definition) is 4. The molecule has 102 valence electrons. The molecule has 0 amide bonds. The highest BCUT2D eigenvalue weighted by atomic mass is 35.5. The summed E-state index contributed by atoms with van der Waals surface area (Å²) in [6, 6.07) is -0.304. The molecule has 1 aliphatic rings. The second-order valence-corrected chi connectivity index (χ2v) is 4.75. The van der Waals surface area contributed by atoms with Crippen molar-refractivity contribution in [2.75, 3.05) is 7.11 Å². The van der Waals surface area contributed by atoms with Crippen LogP contribution >= 0.6 is 12.4 Å². The maximum Gasteiger partial charge on any atom is 0.308 e. The molecule has 1 aliphatic carbocycles. The van der Waals surface area contributed by atoms with Crippen molar-refractivity contribution in [3.63, 3.8) is 0 Å². The molecule has 1 saturated carbocycles. The number of esters is 1. The lowest BCUT2D eigenvalue weighted by Gasteiger charge is -2.26. The second-order valence-electron chi connectivity index (χ2n) is 4.75. The first-order valence-corrected chi connectivity index (χ1v) is 6.14. The SMILES string of the molecule is COC(=O)C[C@H](O)[C@@H](N)CC1CCCCC1.Cl. The average molecular weight is 266 g/mol. The number of halogens is 1. The standard InChI is InChI=1S/C12H23NO3.ClH/c1-16-12(15)8-11(14)10(13)7-9-5-3-2-4-6-9;/h9-11,14H,2-8,13H2,1H3;1H/t10-,11-;/m0./s1. The van der Waals surface area contributed by atoms with Crippen LogP contribution < -0.4 is 5.73 Å². The molecule has 0 bridgehead atoms. The molecular formula is C12H24ClNO3. The molecule has 4 nitrogen and oxygen atoms in total. The van der Waals surface area contributed by atoms with Gasteiger partial charge in [0.2, 0.25) is 0 Å². The summed E-state index contributed by atoms with van der Waals surface area (Å²) in [5.41, 5.74) is 5.89. The predicted molar refractivity (Wildman–Crippen MR) is 69.1 cm³/mol. The van der Waals surface area contributed by atoms with Crippen molar-refractivity contribution in [1.29, 1.82) is 0 Å². The number of rotatable bonds is 5. The van der Waals surface area contributed by atoms with Gasteiger partial charge in [0.05, 0.1) is 19.6 Å². The molecular weight excluding hydrogens is 242 g/mol. The van der Waals surface area contributed by atoms with Gasteiger partial charge in [-0.05, 0) is 12.3 Å². The van der Waals surface area contributed by atoms with Gasteiger partial charge in [-0.1, -0.05) is 32.1 Å². The van der Waals surface area contributed by atoms with Crippen LogP contribution in [0.2, 0.25) is 0 Å². The Morgan fingerprint density at radius 2 is 2.00 bits per heavy atom. The predicted octanol–water partition coefficient (Wildman–Crippen LogP) is 1.63. The third-order valence-electron chi connectivity index (χ3n) is 3.43. The number of ether oxygens (including phenoxy) is 1. The molecule has 2 atom stereocenters. The Balaban J connectivity index is 0.00000256. The molecule has 0 heterocycles. The van der Waals surface area contributed by atoms with Gasteiger partial charge >= 0.3 is 5.97 Å². The zero-order valence-electron chi connectivity index (χ0n) is 10.4. The monoisotopic (exact) mass is 265 g/mol. The summed E-state index contributed by atoms with van der Waals surface area (Å²) >= 11 is 0. The van der Waals surface area contributed by atoms with E-state index in [0.717, 1.165) is 6.42 Å². The van der Waals surface area contributed by atoms with Crippen molar-refractivity contribution in [3.8, 4) is 0 Å². The second kappa shape index (κ2) is 8.72. The van der Waals surface area contributed by atoms with Crippen LogP contribution in [0, 0.1) is 5.92 Å². The zero-order chi connectivity index (χ0) is 12.0. The molecule has 17 heavy (non-hydrogen) atoms. The van der Waals surface area contributed by atoms with Crippen LogP contribution in [0.3, 0.4) is 0 Å². The Morgan fingerprint density at radius 1 is 1.41 bits per heavy atom. The number of aliphatic hydroxyl groups excluding tert-OH is 1. The van der Waals surface area contributed by atoms with Crippen LogP contribution in [-0.2, 0) is 9.53 Å². The lowest BCUT2D eigenvalue weighted by molar-refractivity contribution is -0.143. The molecule has 3 N–H and O–H groups in total. The van der Waals surface area contributed by atoms with E-state index < -0.39 is 12.1 Å². The summed E-state index contributed by atoms with van der Waals surface area (Å²) in [7, 11) is 1.32. The Labute approximate surface area is 109 Å². The van der Waals surface area contributed by atoms with E-state index in [1.165, 1.54) is 39.2 Å². The molecule has 0 unspecified atom stereocenters. The maximum atomic E-state index is 11.0. The van der Waals surface area contributed by atoms with E-state index in [9.17, 15) is 9.90 Å². The Bertz CT molecular complexity index is 220. The van der Waals surface area contributed by atoms with Crippen LogP contribution in [0.5, 0.6) is 0 Å². The average Bonchev–Trinajstić information content (AvgIpc) is 2.30. The van der Waals surface area contributed by atoms with Crippen LogP contribution in [0.15, 0.2) is 0 Å². The number of aliphatic hydroxyl groups is 1. The smallest absolute Gasteiger partial charge is 0.308 e. The zero-order valence-corrected chi connectivity index (χ0v) is 11.2. The van der Waals surface area contributed by atoms with Crippen LogP contribution in [-0.4, -0.2) is 30.3 Å². The van der Waals surface area contributed by atoms with Crippen LogP contribution in [0.1, 0.15) is 44.9 Å². The highest BCUT2D eigenvalue weighted by Crippen LogP contribution is 2.27. The van der Waals surface area contributed by atoms with Gasteiger partial charge in [-0.2, -0.15) is 0 Å². The summed E-state index contributed by atoms with van der Waals surface area (Å²) < 4.78 is 4.51. The number of methoxy groups -OCH3 is 1. The highest BCUT2D eigenvalue weighted by Gasteiger charge is 2.23. The van der Waals surface area contributed by atoms with Crippen molar-refractivity contribution < 1.29 is 14.6 Å². The first-order valence-electron chi connectivity index (χ1n) is 6.14. The van der Waals surface area contributed by atoms with E-state index in [4.69, 9.17) is 5.73 Å². The van der Waals surface area contributed by atoms with Gasteiger partial charge in [0, 0.05) is 6.04 Å². The summed E-state index contributed by atoms with van der Waals surface area (Å²) in [5, 5.41) is 9.72. The normalized spacial score (nSPS) is 20.2. The third kappa shape index (κ3) is 6.24. The van der Waals surface area contributed by atoms with Crippen molar-refractivity contribution in [2.45, 2.75) is 57.1 Å². The number of hydrogen-bond donors (Lipinski definition) is 2. The number of nitrogens with two attached hydrogens (primary N) is 1. The molecule has 0 aromatic rings. The summed E-state index contributed by atoms with van der Waals surface area (Å²) in [6.07, 6.45) is 6.32. The maximum absolute atomic E-state index is 11.0. The fraction of sp³-hybridized carbons (Fsp3) is 0.917. The van der Waals surface area contributed by atoms with Gasteiger partial charge in [-0.25, -0.2) is 0 Å². The van der Waals surface area contributed by atoms with Crippen molar-refractivity contribution in [1.82, 2.24) is 0 Å². The van der Waals surface area contributed by atoms with E-state index in [2.05, 4.69) is 4.74 Å². The molecule has 0 aliphatic heterocycles. The molecule has 0 aromatic heterocycles. The molecule has 0 radical (unpaired) electrons. The highest BCUT2D eigenvalue weighted by molar-refractivity contribution is 5.85. The molecule has 0 spiro atoms. The van der Waals surface area contributed by atoms with Gasteiger partial charge < -0.3 is 15.6 Å². The minimum atomic E-state index is -0.769. The fourth-order valence-electron chi connectivity index (χ4n) is 2.37. The molecule has 5 heteroatoms.